The maximum absolute atomic E-state index is 13.1. The second kappa shape index (κ2) is 11.0. The molecule has 34 heavy (non-hydrogen) atoms. The van der Waals surface area contributed by atoms with Crippen LogP contribution < -0.4 is 4.74 Å². The highest BCUT2D eigenvalue weighted by atomic mass is 32.2. The Balaban J connectivity index is 1.69. The van der Waals surface area contributed by atoms with E-state index in [0.29, 0.717) is 28.3 Å². The van der Waals surface area contributed by atoms with E-state index in [-0.39, 0.29) is 5.91 Å². The van der Waals surface area contributed by atoms with Crippen LogP contribution in [0.4, 0.5) is 0 Å². The van der Waals surface area contributed by atoms with Crippen molar-refractivity contribution in [1.82, 2.24) is 14.7 Å². The van der Waals surface area contributed by atoms with Gasteiger partial charge in [-0.05, 0) is 54.8 Å². The van der Waals surface area contributed by atoms with Gasteiger partial charge in [0.2, 0.25) is 0 Å². The van der Waals surface area contributed by atoms with Gasteiger partial charge in [0.25, 0.3) is 5.91 Å². The molecule has 0 saturated carbocycles. The highest BCUT2D eigenvalue weighted by Gasteiger charge is 2.32. The monoisotopic (exact) mass is 491 g/mol. The third kappa shape index (κ3) is 5.59. The van der Waals surface area contributed by atoms with Crippen LogP contribution in [0.25, 0.3) is 23.0 Å². The molecule has 176 valence electrons. The summed E-state index contributed by atoms with van der Waals surface area (Å²) in [5, 5.41) is 4.87. The second-order valence-corrected chi connectivity index (χ2v) is 10.3. The maximum Gasteiger partial charge on any atom is 0.266 e. The van der Waals surface area contributed by atoms with Crippen LogP contribution in [0, 0.1) is 5.92 Å². The molecule has 1 fully saturated rings. The van der Waals surface area contributed by atoms with E-state index in [0.717, 1.165) is 41.1 Å². The molecule has 1 aliphatic rings. The lowest BCUT2D eigenvalue weighted by atomic mass is 10.1. The Morgan fingerprint density at radius 3 is 2.53 bits per heavy atom. The molecule has 0 N–H and O–H groups in total. The van der Waals surface area contributed by atoms with Crippen LogP contribution in [-0.2, 0) is 4.79 Å². The number of benzene rings is 2. The molecule has 7 heteroatoms. The molecule has 3 aromatic rings. The molecule has 1 amide bonds. The third-order valence-electron chi connectivity index (χ3n) is 5.37. The second-order valence-electron chi connectivity index (χ2n) is 8.63. The number of hydrogen-bond acceptors (Lipinski definition) is 5. The van der Waals surface area contributed by atoms with Gasteiger partial charge in [-0.3, -0.25) is 9.69 Å². The molecular formula is C27H29N3O2S2. The Morgan fingerprint density at radius 2 is 1.85 bits per heavy atom. The Labute approximate surface area is 210 Å². The zero-order valence-electron chi connectivity index (χ0n) is 19.7. The zero-order chi connectivity index (χ0) is 24.1. The summed E-state index contributed by atoms with van der Waals surface area (Å²) in [6.07, 6.45) is 6.00. The van der Waals surface area contributed by atoms with Gasteiger partial charge in [0.05, 0.1) is 22.9 Å². The molecule has 4 rings (SSSR count). The van der Waals surface area contributed by atoms with Crippen molar-refractivity contribution in [3.63, 3.8) is 0 Å². The van der Waals surface area contributed by atoms with Gasteiger partial charge in [0, 0.05) is 23.9 Å². The fourth-order valence-electron chi connectivity index (χ4n) is 3.64. The lowest BCUT2D eigenvalue weighted by molar-refractivity contribution is -0.122. The van der Waals surface area contributed by atoms with Gasteiger partial charge in [-0.2, -0.15) is 5.10 Å². The Bertz CT molecular complexity index is 1180. The van der Waals surface area contributed by atoms with Crippen molar-refractivity contribution in [2.24, 2.45) is 5.92 Å². The van der Waals surface area contributed by atoms with Crippen molar-refractivity contribution in [2.75, 3.05) is 13.2 Å². The van der Waals surface area contributed by atoms with E-state index in [1.165, 1.54) is 11.8 Å². The van der Waals surface area contributed by atoms with Crippen molar-refractivity contribution in [1.29, 1.82) is 0 Å². The normalized spacial score (nSPS) is 15.1. The topological polar surface area (TPSA) is 47.4 Å². The summed E-state index contributed by atoms with van der Waals surface area (Å²) in [6, 6.07) is 17.9. The minimum absolute atomic E-state index is 0.0400. The molecule has 0 spiro atoms. The van der Waals surface area contributed by atoms with Crippen molar-refractivity contribution in [3.8, 4) is 22.7 Å². The standard InChI is InChI=1S/C27H29N3O2S2/c1-4-5-15-32-23-13-11-20(12-14-23)25-21(18-30(28-25)22-9-7-6-8-10-22)16-24-26(31)29(17-19(2)3)27(33)34-24/h6-14,16,18-19H,4-5,15,17H2,1-3H3/b24-16-. The van der Waals surface area contributed by atoms with Crippen LogP contribution in [-0.4, -0.2) is 38.1 Å². The van der Waals surface area contributed by atoms with E-state index in [9.17, 15) is 4.79 Å². The first kappa shape index (κ1) is 24.2. The van der Waals surface area contributed by atoms with Gasteiger partial charge >= 0.3 is 0 Å². The molecule has 1 aliphatic heterocycles. The van der Waals surface area contributed by atoms with Crippen molar-refractivity contribution >= 4 is 40.3 Å². The summed E-state index contributed by atoms with van der Waals surface area (Å²) in [4.78, 5) is 15.4. The maximum atomic E-state index is 13.1. The number of aromatic nitrogens is 2. The minimum Gasteiger partial charge on any atom is -0.494 e. The molecule has 2 heterocycles. The summed E-state index contributed by atoms with van der Waals surface area (Å²) in [5.41, 5.74) is 3.59. The summed E-state index contributed by atoms with van der Waals surface area (Å²) < 4.78 is 8.27. The number of para-hydroxylation sites is 1. The number of thiocarbonyl (C=S) groups is 1. The number of rotatable bonds is 9. The Kier molecular flexibility index (Phi) is 7.85. The predicted molar refractivity (Wildman–Crippen MR) is 144 cm³/mol. The van der Waals surface area contributed by atoms with Gasteiger partial charge < -0.3 is 4.74 Å². The molecule has 0 unspecified atom stereocenters. The number of hydrogen-bond donors (Lipinski definition) is 0. The third-order valence-corrected chi connectivity index (χ3v) is 6.74. The Morgan fingerprint density at radius 1 is 1.12 bits per heavy atom. The first-order valence-corrected chi connectivity index (χ1v) is 12.8. The average molecular weight is 492 g/mol. The van der Waals surface area contributed by atoms with E-state index in [2.05, 4.69) is 20.8 Å². The van der Waals surface area contributed by atoms with Gasteiger partial charge in [0.15, 0.2) is 0 Å². The minimum atomic E-state index is -0.0400. The van der Waals surface area contributed by atoms with Crippen LogP contribution in [0.15, 0.2) is 65.7 Å². The quantitative estimate of drug-likeness (QED) is 0.192. The summed E-state index contributed by atoms with van der Waals surface area (Å²) >= 11 is 6.84. The molecular weight excluding hydrogens is 462 g/mol. The first-order chi connectivity index (χ1) is 16.5. The molecule has 1 saturated heterocycles. The van der Waals surface area contributed by atoms with Crippen molar-refractivity contribution in [2.45, 2.75) is 33.6 Å². The van der Waals surface area contributed by atoms with Crippen LogP contribution in [0.5, 0.6) is 5.75 Å². The van der Waals surface area contributed by atoms with E-state index >= 15 is 0 Å². The molecule has 5 nitrogen and oxygen atoms in total. The molecule has 1 aromatic heterocycles. The summed E-state index contributed by atoms with van der Waals surface area (Å²) in [5.74, 6) is 1.15. The number of amides is 1. The SMILES string of the molecule is CCCCOc1ccc(-c2nn(-c3ccccc3)cc2/C=C2\SC(=S)N(CC(C)C)C2=O)cc1. The van der Waals surface area contributed by atoms with E-state index < -0.39 is 0 Å². The zero-order valence-corrected chi connectivity index (χ0v) is 21.4. The van der Waals surface area contributed by atoms with Crippen LogP contribution in [0.2, 0.25) is 0 Å². The smallest absolute Gasteiger partial charge is 0.266 e. The highest BCUT2D eigenvalue weighted by molar-refractivity contribution is 8.26. The van der Waals surface area contributed by atoms with E-state index in [1.807, 2.05) is 71.6 Å². The molecule has 0 bridgehead atoms. The number of carbonyl (C=O) groups is 1. The predicted octanol–water partition coefficient (Wildman–Crippen LogP) is 6.58. The number of carbonyl (C=O) groups excluding carboxylic acids is 1. The van der Waals surface area contributed by atoms with E-state index in [4.69, 9.17) is 22.1 Å². The van der Waals surface area contributed by atoms with Gasteiger partial charge in [-0.1, -0.05) is 69.4 Å². The summed E-state index contributed by atoms with van der Waals surface area (Å²) in [7, 11) is 0. The molecule has 0 aliphatic carbocycles. The fraction of sp³-hybridized carbons (Fsp3) is 0.296. The van der Waals surface area contributed by atoms with Crippen LogP contribution >= 0.6 is 24.0 Å². The van der Waals surface area contributed by atoms with Gasteiger partial charge in [0.1, 0.15) is 10.1 Å². The summed E-state index contributed by atoms with van der Waals surface area (Å²) in [6.45, 7) is 7.65. The van der Waals surface area contributed by atoms with Crippen LogP contribution in [0.3, 0.4) is 0 Å². The number of unbranched alkanes of at least 4 members (excludes halogenated alkanes) is 1. The lowest BCUT2D eigenvalue weighted by Gasteiger charge is -2.16. The van der Waals surface area contributed by atoms with Gasteiger partial charge in [-0.15, -0.1) is 0 Å². The number of ether oxygens (including phenoxy) is 1. The number of nitrogens with zero attached hydrogens (tertiary/aromatic N) is 3. The van der Waals surface area contributed by atoms with E-state index in [1.54, 1.807) is 4.90 Å². The van der Waals surface area contributed by atoms with Crippen molar-refractivity contribution in [3.05, 3.63) is 71.3 Å². The van der Waals surface area contributed by atoms with Gasteiger partial charge in [-0.25, -0.2) is 4.68 Å². The Hall–Kier alpha value is -2.90. The van der Waals surface area contributed by atoms with Crippen molar-refractivity contribution < 1.29 is 9.53 Å². The highest BCUT2D eigenvalue weighted by Crippen LogP contribution is 2.35. The lowest BCUT2D eigenvalue weighted by Crippen LogP contribution is -2.31. The first-order valence-electron chi connectivity index (χ1n) is 11.6. The molecule has 0 radical (unpaired) electrons. The van der Waals surface area contributed by atoms with Crippen LogP contribution in [0.1, 0.15) is 39.2 Å². The fourth-order valence-corrected chi connectivity index (χ4v) is 4.90. The largest absolute Gasteiger partial charge is 0.494 e. The molecule has 0 atom stereocenters. The number of thioether (sulfide) groups is 1. The average Bonchev–Trinajstić information content (AvgIpc) is 3.37. The molecule has 2 aromatic carbocycles.